The molecule has 0 saturated carbocycles. The van der Waals surface area contributed by atoms with Gasteiger partial charge in [-0.15, -0.1) is 0 Å². The lowest BCUT2D eigenvalue weighted by atomic mass is 10.2. The number of amides is 1. The van der Waals surface area contributed by atoms with Gasteiger partial charge in [0.1, 0.15) is 0 Å². The number of unbranched alkanes of at least 4 members (excludes halogenated alkanes) is 2. The van der Waals surface area contributed by atoms with Gasteiger partial charge in [-0.3, -0.25) is 9.52 Å². The summed E-state index contributed by atoms with van der Waals surface area (Å²) < 4.78 is 2.84. The predicted molar refractivity (Wildman–Crippen MR) is 64.6 cm³/mol. The van der Waals surface area contributed by atoms with Gasteiger partial charge in [-0.25, -0.2) is 0 Å². The van der Waals surface area contributed by atoms with Crippen molar-refractivity contribution < 1.29 is 4.79 Å². The number of rotatable bonds is 6. The molecule has 0 atom stereocenters. The second-order valence-electron chi connectivity index (χ2n) is 3.40. The van der Waals surface area contributed by atoms with Crippen LogP contribution in [0.5, 0.6) is 0 Å². The molecule has 0 saturated heterocycles. The van der Waals surface area contributed by atoms with Crippen molar-refractivity contribution >= 4 is 17.9 Å². The molecule has 3 heteroatoms. The number of benzene rings is 1. The molecule has 0 spiro atoms. The molecule has 0 bridgehead atoms. The summed E-state index contributed by atoms with van der Waals surface area (Å²) in [6.45, 7) is 2.14. The number of carbonyl (C=O) groups is 1. The first kappa shape index (κ1) is 12.1. The van der Waals surface area contributed by atoms with Crippen LogP contribution < -0.4 is 4.72 Å². The molecule has 0 heterocycles. The average Bonchev–Trinajstić information content (AvgIpc) is 2.28. The Morgan fingerprint density at radius 1 is 1.27 bits per heavy atom. The third kappa shape index (κ3) is 5.47. The van der Waals surface area contributed by atoms with Crippen LogP contribution in [0.2, 0.25) is 0 Å². The van der Waals surface area contributed by atoms with E-state index < -0.39 is 0 Å². The first-order valence-corrected chi connectivity index (χ1v) is 6.15. The van der Waals surface area contributed by atoms with E-state index in [4.69, 9.17) is 0 Å². The topological polar surface area (TPSA) is 29.1 Å². The zero-order chi connectivity index (χ0) is 10.9. The SMILES string of the molecule is CCCCCC(=O)NSc1ccccc1. The van der Waals surface area contributed by atoms with E-state index >= 15 is 0 Å². The molecule has 0 aliphatic heterocycles. The molecule has 1 N–H and O–H groups in total. The number of hydrogen-bond acceptors (Lipinski definition) is 2. The third-order valence-corrected chi connectivity index (χ3v) is 2.87. The van der Waals surface area contributed by atoms with Crippen molar-refractivity contribution in [2.24, 2.45) is 0 Å². The van der Waals surface area contributed by atoms with Crippen LogP contribution in [0, 0.1) is 0 Å². The van der Waals surface area contributed by atoms with Gasteiger partial charge in [-0.1, -0.05) is 38.0 Å². The van der Waals surface area contributed by atoms with Crippen molar-refractivity contribution in [3.63, 3.8) is 0 Å². The molecule has 1 rings (SSSR count). The highest BCUT2D eigenvalue weighted by molar-refractivity contribution is 7.98. The molecule has 1 aromatic rings. The average molecular weight is 223 g/mol. The molecule has 82 valence electrons. The largest absolute Gasteiger partial charge is 0.296 e. The van der Waals surface area contributed by atoms with E-state index in [0.29, 0.717) is 6.42 Å². The number of hydrogen-bond donors (Lipinski definition) is 1. The van der Waals surface area contributed by atoms with Gasteiger partial charge in [0.15, 0.2) is 0 Å². The highest BCUT2D eigenvalue weighted by Gasteiger charge is 2.00. The van der Waals surface area contributed by atoms with E-state index in [1.165, 1.54) is 11.9 Å². The summed E-state index contributed by atoms with van der Waals surface area (Å²) in [5.41, 5.74) is 0. The van der Waals surface area contributed by atoms with Gasteiger partial charge in [0.05, 0.1) is 0 Å². The maximum Gasteiger partial charge on any atom is 0.230 e. The molecule has 0 aliphatic carbocycles. The first-order chi connectivity index (χ1) is 7.33. The molecule has 0 unspecified atom stereocenters. The van der Waals surface area contributed by atoms with Crippen LogP contribution in [0.1, 0.15) is 32.6 Å². The van der Waals surface area contributed by atoms with Crippen LogP contribution in [0.15, 0.2) is 35.2 Å². The zero-order valence-corrected chi connectivity index (χ0v) is 9.85. The summed E-state index contributed by atoms with van der Waals surface area (Å²) >= 11 is 1.39. The molecule has 1 aromatic carbocycles. The van der Waals surface area contributed by atoms with Crippen molar-refractivity contribution in [1.82, 2.24) is 4.72 Å². The summed E-state index contributed by atoms with van der Waals surface area (Å²) in [7, 11) is 0. The Labute approximate surface area is 95.6 Å². The van der Waals surface area contributed by atoms with Gasteiger partial charge in [-0.05, 0) is 30.5 Å². The molecule has 15 heavy (non-hydrogen) atoms. The Morgan fingerprint density at radius 3 is 2.67 bits per heavy atom. The van der Waals surface area contributed by atoms with E-state index in [2.05, 4.69) is 11.6 Å². The van der Waals surface area contributed by atoms with Crippen molar-refractivity contribution in [2.75, 3.05) is 0 Å². The summed E-state index contributed by atoms with van der Waals surface area (Å²) in [5.74, 6) is 0.123. The Balaban J connectivity index is 2.17. The van der Waals surface area contributed by atoms with Gasteiger partial charge in [-0.2, -0.15) is 0 Å². The highest BCUT2D eigenvalue weighted by atomic mass is 32.2. The summed E-state index contributed by atoms with van der Waals surface area (Å²) in [6.07, 6.45) is 3.90. The quantitative estimate of drug-likeness (QED) is 0.591. The van der Waals surface area contributed by atoms with Crippen molar-refractivity contribution in [3.05, 3.63) is 30.3 Å². The Bertz CT molecular complexity index is 287. The molecule has 2 nitrogen and oxygen atoms in total. The fraction of sp³-hybridized carbons (Fsp3) is 0.417. The molecule has 0 fully saturated rings. The highest BCUT2D eigenvalue weighted by Crippen LogP contribution is 2.13. The van der Waals surface area contributed by atoms with Crippen LogP contribution in [0.25, 0.3) is 0 Å². The third-order valence-electron chi connectivity index (χ3n) is 2.03. The lowest BCUT2D eigenvalue weighted by Gasteiger charge is -2.03. The van der Waals surface area contributed by atoms with E-state index in [1.807, 2.05) is 30.3 Å². The molecular formula is C12H17NOS. The second kappa shape index (κ2) is 7.35. The molecular weight excluding hydrogens is 206 g/mol. The van der Waals surface area contributed by atoms with Gasteiger partial charge >= 0.3 is 0 Å². The normalized spacial score (nSPS) is 9.93. The lowest BCUT2D eigenvalue weighted by Crippen LogP contribution is -2.14. The van der Waals surface area contributed by atoms with Gasteiger partial charge < -0.3 is 0 Å². The molecule has 0 aliphatic rings. The van der Waals surface area contributed by atoms with Gasteiger partial charge in [0.25, 0.3) is 0 Å². The van der Waals surface area contributed by atoms with Crippen LogP contribution in [-0.4, -0.2) is 5.91 Å². The zero-order valence-electron chi connectivity index (χ0n) is 9.03. The molecule has 0 aromatic heterocycles. The van der Waals surface area contributed by atoms with E-state index in [1.54, 1.807) is 0 Å². The van der Waals surface area contributed by atoms with E-state index in [9.17, 15) is 4.79 Å². The van der Waals surface area contributed by atoms with E-state index in [-0.39, 0.29) is 5.91 Å². The fourth-order valence-electron chi connectivity index (χ4n) is 1.19. The lowest BCUT2D eigenvalue weighted by molar-refractivity contribution is -0.119. The Kier molecular flexibility index (Phi) is 5.93. The summed E-state index contributed by atoms with van der Waals surface area (Å²) in [4.78, 5) is 12.4. The number of carbonyl (C=O) groups excluding carboxylic acids is 1. The van der Waals surface area contributed by atoms with Gasteiger partial charge in [0, 0.05) is 11.3 Å². The Morgan fingerprint density at radius 2 is 2.00 bits per heavy atom. The van der Waals surface area contributed by atoms with E-state index in [0.717, 1.165) is 24.2 Å². The van der Waals surface area contributed by atoms with Crippen molar-refractivity contribution in [3.8, 4) is 0 Å². The number of nitrogens with one attached hydrogen (secondary N) is 1. The molecule has 0 radical (unpaired) electrons. The maximum atomic E-state index is 11.4. The van der Waals surface area contributed by atoms with Gasteiger partial charge in [0.2, 0.25) is 5.91 Å². The molecule has 1 amide bonds. The smallest absolute Gasteiger partial charge is 0.230 e. The van der Waals surface area contributed by atoms with Crippen LogP contribution in [0.3, 0.4) is 0 Å². The minimum Gasteiger partial charge on any atom is -0.296 e. The minimum absolute atomic E-state index is 0.123. The standard InChI is InChI=1S/C12H17NOS/c1-2-3-5-10-12(14)13-15-11-8-6-4-7-9-11/h4,6-9H,2-3,5,10H2,1H3,(H,13,14). The fourth-order valence-corrected chi connectivity index (χ4v) is 1.82. The maximum absolute atomic E-state index is 11.4. The van der Waals surface area contributed by atoms with Crippen molar-refractivity contribution in [1.29, 1.82) is 0 Å². The van der Waals surface area contributed by atoms with Crippen LogP contribution >= 0.6 is 11.9 Å². The monoisotopic (exact) mass is 223 g/mol. The Hall–Kier alpha value is -0.960. The first-order valence-electron chi connectivity index (χ1n) is 5.33. The van der Waals surface area contributed by atoms with Crippen LogP contribution in [-0.2, 0) is 4.79 Å². The summed E-state index contributed by atoms with van der Waals surface area (Å²) in [6, 6.07) is 9.86. The predicted octanol–water partition coefficient (Wildman–Crippen LogP) is 3.39. The minimum atomic E-state index is 0.123. The summed E-state index contributed by atoms with van der Waals surface area (Å²) in [5, 5.41) is 0. The van der Waals surface area contributed by atoms with Crippen molar-refractivity contribution in [2.45, 2.75) is 37.5 Å². The second-order valence-corrected chi connectivity index (χ2v) is 4.28. The van der Waals surface area contributed by atoms with Crippen LogP contribution in [0.4, 0.5) is 0 Å².